The van der Waals surface area contributed by atoms with E-state index < -0.39 is 0 Å². The summed E-state index contributed by atoms with van der Waals surface area (Å²) >= 11 is 0. The number of benzene rings is 1. The first kappa shape index (κ1) is 29.7. The first-order valence-electron chi connectivity index (χ1n) is 15.8. The van der Waals surface area contributed by atoms with E-state index in [0.29, 0.717) is 28.3 Å². The van der Waals surface area contributed by atoms with Crippen molar-refractivity contribution in [3.63, 3.8) is 0 Å². The molecule has 0 unspecified atom stereocenters. The number of halogens is 1. The number of hydrogen-bond donors (Lipinski definition) is 3. The summed E-state index contributed by atoms with van der Waals surface area (Å²) < 4.78 is 14.9. The van der Waals surface area contributed by atoms with Crippen molar-refractivity contribution in [2.45, 2.75) is 46.5 Å². The summed E-state index contributed by atoms with van der Waals surface area (Å²) in [6.45, 7) is 13.9. The number of rotatable bonds is 9. The van der Waals surface area contributed by atoms with E-state index in [1.54, 1.807) is 30.9 Å². The average molecular weight is 616 g/mol. The fraction of sp³-hybridized carbons (Fsp3) is 0.306. The zero-order chi connectivity index (χ0) is 31.8. The molecule has 0 spiro atoms. The predicted molar refractivity (Wildman–Crippen MR) is 182 cm³/mol. The molecule has 0 saturated carbocycles. The normalized spacial score (nSPS) is 14.0. The summed E-state index contributed by atoms with van der Waals surface area (Å²) in [5.41, 5.74) is 8.49. The Morgan fingerprint density at radius 3 is 2.65 bits per heavy atom. The number of nitrogens with one attached hydrogen (secondary N) is 3. The van der Waals surface area contributed by atoms with Crippen molar-refractivity contribution in [3.05, 3.63) is 84.8 Å². The number of hydrogen-bond acceptors (Lipinski definition) is 7. The van der Waals surface area contributed by atoms with Crippen molar-refractivity contribution in [1.82, 2.24) is 40.0 Å². The first-order chi connectivity index (χ1) is 22.2. The van der Waals surface area contributed by atoms with E-state index in [2.05, 4.69) is 67.7 Å². The van der Waals surface area contributed by atoms with Crippen LogP contribution >= 0.6 is 0 Å². The molecule has 1 aromatic carbocycles. The van der Waals surface area contributed by atoms with Gasteiger partial charge in [-0.05, 0) is 87.3 Å². The minimum atomic E-state index is -0.266. The molecular weight excluding hydrogens is 577 g/mol. The summed E-state index contributed by atoms with van der Waals surface area (Å²) in [5.74, 6) is 0.322. The Kier molecular flexibility index (Phi) is 7.82. The largest absolute Gasteiger partial charge is 0.358 e. The van der Waals surface area contributed by atoms with Gasteiger partial charge in [0.25, 0.3) is 0 Å². The van der Waals surface area contributed by atoms with Gasteiger partial charge in [-0.2, -0.15) is 5.10 Å². The van der Waals surface area contributed by atoms with Crippen molar-refractivity contribution in [2.75, 3.05) is 25.0 Å². The second kappa shape index (κ2) is 12.1. The van der Waals surface area contributed by atoms with Gasteiger partial charge in [0.1, 0.15) is 17.0 Å². The van der Waals surface area contributed by atoms with Crippen LogP contribution in [0, 0.1) is 11.2 Å². The van der Waals surface area contributed by atoms with Gasteiger partial charge in [0, 0.05) is 40.0 Å². The lowest BCUT2D eigenvalue weighted by Gasteiger charge is -2.23. The molecule has 0 atom stereocenters. The smallest absolute Gasteiger partial charge is 0.159 e. The van der Waals surface area contributed by atoms with E-state index in [0.717, 1.165) is 64.0 Å². The molecule has 6 aromatic rings. The van der Waals surface area contributed by atoms with Crippen molar-refractivity contribution in [1.29, 1.82) is 0 Å². The fourth-order valence-corrected chi connectivity index (χ4v) is 5.97. The molecular formula is C36H38FN9. The predicted octanol–water partition coefficient (Wildman–Crippen LogP) is 7.76. The molecule has 0 radical (unpaired) electrons. The van der Waals surface area contributed by atoms with E-state index in [1.807, 2.05) is 24.3 Å². The minimum Gasteiger partial charge on any atom is -0.358 e. The third-order valence-corrected chi connectivity index (χ3v) is 8.68. The van der Waals surface area contributed by atoms with Gasteiger partial charge in [0.05, 0.1) is 40.5 Å². The van der Waals surface area contributed by atoms with Crippen LogP contribution in [0.15, 0.2) is 73.5 Å². The molecule has 6 heterocycles. The minimum absolute atomic E-state index is 0.0924. The maximum atomic E-state index is 14.9. The van der Waals surface area contributed by atoms with E-state index in [4.69, 9.17) is 4.98 Å². The first-order valence-corrected chi connectivity index (χ1v) is 15.8. The number of aromatic amines is 2. The number of aromatic nitrogens is 7. The molecule has 9 nitrogen and oxygen atoms in total. The van der Waals surface area contributed by atoms with Crippen LogP contribution in [0.4, 0.5) is 10.1 Å². The molecule has 0 amide bonds. The van der Waals surface area contributed by atoms with E-state index in [-0.39, 0.29) is 11.2 Å². The number of anilines is 1. The van der Waals surface area contributed by atoms with Gasteiger partial charge in [-0.1, -0.05) is 27.4 Å². The molecule has 0 aliphatic carbocycles. The number of allylic oxidation sites excluding steroid dienone is 1. The molecule has 1 aliphatic heterocycles. The highest BCUT2D eigenvalue weighted by Crippen LogP contribution is 2.33. The standard InChI is InChI=1S/C36H38FN9/c1-22(36(2,3)4)41-27-17-25(19-38-20-27)30-18-28-31(21-40-30)44-45-33(28)35-42-29-9-10-39-32(34(29)43-35)24-14-23(15-26(37)16-24)8-7-13-46-11-5-6-12-46/h9-10,14-21,41H,1,5-8,11-13H2,2-4H3,(H,42,43)(H,44,45). The van der Waals surface area contributed by atoms with Crippen molar-refractivity contribution in [2.24, 2.45) is 5.41 Å². The van der Waals surface area contributed by atoms with Crippen molar-refractivity contribution in [3.8, 4) is 34.0 Å². The molecule has 0 bridgehead atoms. The number of imidazole rings is 1. The Morgan fingerprint density at radius 2 is 1.83 bits per heavy atom. The quantitative estimate of drug-likeness (QED) is 0.152. The highest BCUT2D eigenvalue weighted by molar-refractivity contribution is 5.97. The van der Waals surface area contributed by atoms with Crippen molar-refractivity contribution >= 4 is 27.6 Å². The topological polar surface area (TPSA) is 111 Å². The van der Waals surface area contributed by atoms with Gasteiger partial charge in [-0.3, -0.25) is 20.1 Å². The second-order valence-corrected chi connectivity index (χ2v) is 13.1. The Morgan fingerprint density at radius 1 is 0.978 bits per heavy atom. The lowest BCUT2D eigenvalue weighted by molar-refractivity contribution is 0.334. The van der Waals surface area contributed by atoms with Crippen LogP contribution in [-0.4, -0.2) is 59.7 Å². The van der Waals surface area contributed by atoms with E-state index in [9.17, 15) is 4.39 Å². The Labute approximate surface area is 267 Å². The van der Waals surface area contributed by atoms with Crippen LogP contribution in [0.1, 0.15) is 45.6 Å². The zero-order valence-corrected chi connectivity index (χ0v) is 26.5. The second-order valence-electron chi connectivity index (χ2n) is 13.1. The molecule has 3 N–H and O–H groups in total. The number of H-pyrrole nitrogens is 2. The van der Waals surface area contributed by atoms with Crippen molar-refractivity contribution < 1.29 is 4.39 Å². The van der Waals surface area contributed by atoms with Gasteiger partial charge in [-0.25, -0.2) is 9.37 Å². The number of pyridine rings is 3. The van der Waals surface area contributed by atoms with E-state index in [1.165, 1.54) is 32.0 Å². The van der Waals surface area contributed by atoms with Gasteiger partial charge < -0.3 is 15.2 Å². The van der Waals surface area contributed by atoms with Crippen LogP contribution in [0.5, 0.6) is 0 Å². The number of aryl methyl sites for hydroxylation is 1. The highest BCUT2D eigenvalue weighted by atomic mass is 19.1. The van der Waals surface area contributed by atoms with Gasteiger partial charge >= 0.3 is 0 Å². The molecule has 5 aromatic heterocycles. The third kappa shape index (κ3) is 6.12. The summed E-state index contributed by atoms with van der Waals surface area (Å²) in [7, 11) is 0. The molecule has 1 aliphatic rings. The highest BCUT2D eigenvalue weighted by Gasteiger charge is 2.19. The monoisotopic (exact) mass is 615 g/mol. The van der Waals surface area contributed by atoms with Crippen LogP contribution in [-0.2, 0) is 6.42 Å². The van der Waals surface area contributed by atoms with E-state index >= 15 is 0 Å². The zero-order valence-electron chi connectivity index (χ0n) is 26.5. The lowest BCUT2D eigenvalue weighted by atomic mass is 9.93. The Bertz CT molecular complexity index is 2050. The lowest BCUT2D eigenvalue weighted by Crippen LogP contribution is -2.20. The summed E-state index contributed by atoms with van der Waals surface area (Å²) in [6.07, 6.45) is 11.4. The summed E-state index contributed by atoms with van der Waals surface area (Å²) in [5, 5.41) is 11.9. The molecule has 1 saturated heterocycles. The van der Waals surface area contributed by atoms with Gasteiger partial charge in [0.2, 0.25) is 0 Å². The van der Waals surface area contributed by atoms with Crippen LogP contribution in [0.25, 0.3) is 56.0 Å². The van der Waals surface area contributed by atoms with Gasteiger partial charge in [0.15, 0.2) is 5.82 Å². The Hall–Kier alpha value is -4.96. The fourth-order valence-electron chi connectivity index (χ4n) is 5.97. The van der Waals surface area contributed by atoms with Crippen LogP contribution in [0.2, 0.25) is 0 Å². The van der Waals surface area contributed by atoms with Crippen LogP contribution < -0.4 is 5.32 Å². The van der Waals surface area contributed by atoms with Crippen LogP contribution in [0.3, 0.4) is 0 Å². The molecule has 1 fully saturated rings. The SMILES string of the molecule is C=C(Nc1cncc(-c2cc3c(-c4nc5c(-c6cc(F)cc(CCCN7CCCC7)c6)nccc5[nH]4)n[nH]c3cn2)c1)C(C)(C)C. The Balaban J connectivity index is 1.19. The maximum absolute atomic E-state index is 14.9. The van der Waals surface area contributed by atoms with Gasteiger partial charge in [-0.15, -0.1) is 0 Å². The number of nitrogens with zero attached hydrogens (tertiary/aromatic N) is 6. The summed E-state index contributed by atoms with van der Waals surface area (Å²) in [6, 6.07) is 11.1. The maximum Gasteiger partial charge on any atom is 0.159 e. The third-order valence-electron chi connectivity index (χ3n) is 8.68. The molecule has 7 rings (SSSR count). The number of likely N-dealkylation sites (tertiary alicyclic amines) is 1. The molecule has 46 heavy (non-hydrogen) atoms. The molecule has 10 heteroatoms. The number of fused-ring (bicyclic) bond motifs is 2. The molecule has 234 valence electrons. The summed E-state index contributed by atoms with van der Waals surface area (Å²) in [4.78, 5) is 24.6. The average Bonchev–Trinajstić information content (AvgIpc) is 3.80.